The molecule has 1 atom stereocenters. The van der Waals surface area contributed by atoms with Crippen LogP contribution in [0.5, 0.6) is 0 Å². The molecule has 1 heterocycles. The van der Waals surface area contributed by atoms with Crippen LogP contribution in [0.1, 0.15) is 103 Å². The number of allylic oxidation sites excluding steroid dienone is 2. The summed E-state index contributed by atoms with van der Waals surface area (Å²) >= 11 is 0. The molecule has 0 aliphatic heterocycles. The van der Waals surface area contributed by atoms with Gasteiger partial charge >= 0.3 is 5.97 Å². The molecule has 30 heavy (non-hydrogen) atoms. The van der Waals surface area contributed by atoms with Crippen molar-refractivity contribution in [3.8, 4) is 0 Å². The minimum Gasteiger partial charge on any atom is -0.480 e. The van der Waals surface area contributed by atoms with Crippen molar-refractivity contribution in [1.29, 1.82) is 0 Å². The molecule has 0 saturated carbocycles. The number of aromatic nitrogens is 2. The quantitative estimate of drug-likeness (QED) is 0.202. The lowest BCUT2D eigenvalue weighted by molar-refractivity contribution is -0.141. The number of aromatic amines is 1. The third kappa shape index (κ3) is 14.0. The number of imidazole rings is 1. The molecule has 0 spiro atoms. The van der Waals surface area contributed by atoms with Crippen molar-refractivity contribution in [2.75, 3.05) is 0 Å². The monoisotopic (exact) mass is 419 g/mol. The van der Waals surface area contributed by atoms with Crippen LogP contribution in [0.3, 0.4) is 0 Å². The van der Waals surface area contributed by atoms with E-state index in [1.54, 1.807) is 6.20 Å². The Morgan fingerprint density at radius 2 is 1.60 bits per heavy atom. The summed E-state index contributed by atoms with van der Waals surface area (Å²) in [4.78, 5) is 30.1. The van der Waals surface area contributed by atoms with Crippen LogP contribution in [0.2, 0.25) is 0 Å². The van der Waals surface area contributed by atoms with Gasteiger partial charge in [-0.3, -0.25) is 4.79 Å². The summed E-state index contributed by atoms with van der Waals surface area (Å²) in [6.45, 7) is 2.25. The van der Waals surface area contributed by atoms with Crippen molar-refractivity contribution in [2.24, 2.45) is 0 Å². The predicted octanol–water partition coefficient (Wildman–Crippen LogP) is 5.56. The van der Waals surface area contributed by atoms with Gasteiger partial charge < -0.3 is 15.4 Å². The topological polar surface area (TPSA) is 95.1 Å². The molecule has 3 N–H and O–H groups in total. The number of carbonyl (C=O) groups is 2. The van der Waals surface area contributed by atoms with Crippen LogP contribution in [0.25, 0.3) is 0 Å². The Morgan fingerprint density at radius 1 is 1.00 bits per heavy atom. The highest BCUT2D eigenvalue weighted by Crippen LogP contribution is 2.10. The van der Waals surface area contributed by atoms with Crippen molar-refractivity contribution in [2.45, 2.75) is 109 Å². The highest BCUT2D eigenvalue weighted by molar-refractivity contribution is 5.83. The fourth-order valence-corrected chi connectivity index (χ4v) is 3.44. The molecule has 6 heteroatoms. The molecule has 1 aromatic heterocycles. The van der Waals surface area contributed by atoms with Crippen molar-refractivity contribution in [3.63, 3.8) is 0 Å². The van der Waals surface area contributed by atoms with E-state index in [-0.39, 0.29) is 12.3 Å². The third-order valence-corrected chi connectivity index (χ3v) is 5.28. The standard InChI is InChI=1S/C24H41N3O3/c1-2-3-4-5-6-7-8-9-10-11-12-13-14-15-16-17-23(28)27-22(24(29)30)18-21-19-25-20-26-21/h9-10,19-20,22H,2-8,11-18H2,1H3,(H,25,26)(H,27,28)(H,29,30)/b10-9-/t22-/m0/s1. The van der Waals surface area contributed by atoms with Gasteiger partial charge in [-0.2, -0.15) is 0 Å². The Bertz CT molecular complexity index is 585. The number of hydrogen-bond acceptors (Lipinski definition) is 3. The van der Waals surface area contributed by atoms with Crippen molar-refractivity contribution in [1.82, 2.24) is 15.3 Å². The van der Waals surface area contributed by atoms with Crippen LogP contribution < -0.4 is 5.32 Å². The summed E-state index contributed by atoms with van der Waals surface area (Å²) in [6, 6.07) is -0.916. The number of nitrogens with zero attached hydrogens (tertiary/aromatic N) is 1. The number of carboxylic acids is 1. The molecule has 0 unspecified atom stereocenters. The number of amides is 1. The molecule has 6 nitrogen and oxygen atoms in total. The third-order valence-electron chi connectivity index (χ3n) is 5.28. The number of unbranched alkanes of at least 4 members (excludes halogenated alkanes) is 11. The SMILES string of the molecule is CCCCCCCC/C=C\CCCCCCCC(=O)N[C@@H](Cc1cnc[nH]1)C(=O)O. The van der Waals surface area contributed by atoms with Gasteiger partial charge in [-0.15, -0.1) is 0 Å². The van der Waals surface area contributed by atoms with Crippen LogP contribution in [0.15, 0.2) is 24.7 Å². The largest absolute Gasteiger partial charge is 0.480 e. The van der Waals surface area contributed by atoms with E-state index in [1.165, 1.54) is 64.1 Å². The zero-order valence-corrected chi connectivity index (χ0v) is 18.7. The molecule has 1 amide bonds. The van der Waals surface area contributed by atoms with E-state index in [9.17, 15) is 14.7 Å². The summed E-state index contributed by atoms with van der Waals surface area (Å²) in [6.07, 6.45) is 24.1. The molecule has 0 bridgehead atoms. The van der Waals surface area contributed by atoms with E-state index in [2.05, 4.69) is 34.4 Å². The number of carboxylic acid groups (broad SMARTS) is 1. The van der Waals surface area contributed by atoms with Gasteiger partial charge in [-0.25, -0.2) is 9.78 Å². The lowest BCUT2D eigenvalue weighted by Gasteiger charge is -2.13. The number of rotatable bonds is 19. The average molecular weight is 420 g/mol. The minimum absolute atomic E-state index is 0.195. The van der Waals surface area contributed by atoms with E-state index in [0.29, 0.717) is 12.1 Å². The maximum absolute atomic E-state index is 12.0. The zero-order valence-electron chi connectivity index (χ0n) is 18.7. The number of carbonyl (C=O) groups excluding carboxylic acids is 1. The van der Waals surface area contributed by atoms with E-state index < -0.39 is 12.0 Å². The molecule has 0 aliphatic rings. The summed E-state index contributed by atoms with van der Waals surface area (Å²) in [5, 5.41) is 11.9. The van der Waals surface area contributed by atoms with Crippen LogP contribution in [0, 0.1) is 0 Å². The minimum atomic E-state index is -1.03. The van der Waals surface area contributed by atoms with Gasteiger partial charge in [0.25, 0.3) is 0 Å². The molecule has 0 fully saturated rings. The van der Waals surface area contributed by atoms with E-state index in [4.69, 9.17) is 0 Å². The molecule has 0 aromatic carbocycles. The maximum Gasteiger partial charge on any atom is 0.326 e. The van der Waals surface area contributed by atoms with E-state index in [0.717, 1.165) is 25.7 Å². The van der Waals surface area contributed by atoms with Crippen LogP contribution in [0.4, 0.5) is 0 Å². The molecular weight excluding hydrogens is 378 g/mol. The van der Waals surface area contributed by atoms with E-state index in [1.807, 2.05) is 0 Å². The molecule has 170 valence electrons. The van der Waals surface area contributed by atoms with Gasteiger partial charge in [0, 0.05) is 24.7 Å². The first-order valence-corrected chi connectivity index (χ1v) is 11.8. The van der Waals surface area contributed by atoms with E-state index >= 15 is 0 Å². The Labute approximate surface area is 182 Å². The Morgan fingerprint density at radius 3 is 2.17 bits per heavy atom. The summed E-state index contributed by atoms with van der Waals surface area (Å²) < 4.78 is 0. The summed E-state index contributed by atoms with van der Waals surface area (Å²) in [5.74, 6) is -1.22. The van der Waals surface area contributed by atoms with Crippen molar-refractivity contribution in [3.05, 3.63) is 30.4 Å². The number of aliphatic carboxylic acids is 1. The van der Waals surface area contributed by atoms with Gasteiger partial charge in [-0.05, 0) is 32.1 Å². The average Bonchev–Trinajstić information content (AvgIpc) is 3.23. The highest BCUT2D eigenvalue weighted by Gasteiger charge is 2.20. The maximum atomic E-state index is 12.0. The molecule has 1 aromatic rings. The van der Waals surface area contributed by atoms with Gasteiger partial charge in [0.15, 0.2) is 0 Å². The molecule has 1 rings (SSSR count). The molecule has 0 aliphatic carbocycles. The van der Waals surface area contributed by atoms with Crippen molar-refractivity contribution < 1.29 is 14.7 Å². The zero-order chi connectivity index (χ0) is 21.9. The number of hydrogen-bond donors (Lipinski definition) is 3. The second kappa shape index (κ2) is 17.7. The number of H-pyrrole nitrogens is 1. The first kappa shape index (κ1) is 25.9. The molecule has 0 saturated heterocycles. The lowest BCUT2D eigenvalue weighted by Crippen LogP contribution is -2.42. The summed E-state index contributed by atoms with van der Waals surface area (Å²) in [5.41, 5.74) is 0.698. The van der Waals surface area contributed by atoms with Crippen molar-refractivity contribution >= 4 is 11.9 Å². The lowest BCUT2D eigenvalue weighted by atomic mass is 10.1. The first-order chi connectivity index (χ1) is 14.6. The Kier molecular flexibility index (Phi) is 15.3. The molecular formula is C24H41N3O3. The second-order valence-corrected chi connectivity index (χ2v) is 8.07. The predicted molar refractivity (Wildman–Crippen MR) is 121 cm³/mol. The van der Waals surface area contributed by atoms with Gasteiger partial charge in [0.1, 0.15) is 6.04 Å². The number of nitrogens with one attached hydrogen (secondary N) is 2. The normalized spacial score (nSPS) is 12.3. The van der Waals surface area contributed by atoms with Gasteiger partial charge in [0.05, 0.1) is 6.33 Å². The van der Waals surface area contributed by atoms with Crippen LogP contribution >= 0.6 is 0 Å². The highest BCUT2D eigenvalue weighted by atomic mass is 16.4. The molecule has 0 radical (unpaired) electrons. The smallest absolute Gasteiger partial charge is 0.326 e. The summed E-state index contributed by atoms with van der Waals surface area (Å²) in [7, 11) is 0. The first-order valence-electron chi connectivity index (χ1n) is 11.8. The van der Waals surface area contributed by atoms with Gasteiger partial charge in [-0.1, -0.05) is 70.4 Å². The van der Waals surface area contributed by atoms with Crippen LogP contribution in [-0.4, -0.2) is 33.0 Å². The Hall–Kier alpha value is -2.11. The van der Waals surface area contributed by atoms with Crippen LogP contribution in [-0.2, 0) is 16.0 Å². The fourth-order valence-electron chi connectivity index (χ4n) is 3.44. The fraction of sp³-hybridized carbons (Fsp3) is 0.708. The Balaban J connectivity index is 1.96. The van der Waals surface area contributed by atoms with Gasteiger partial charge in [0.2, 0.25) is 5.91 Å². The second-order valence-electron chi connectivity index (χ2n) is 8.07.